The molecule has 3 rings (SSSR count). The number of ether oxygens (including phenoxy) is 3. The predicted molar refractivity (Wildman–Crippen MR) is 97.1 cm³/mol. The number of methoxy groups -OCH3 is 2. The first-order valence-electron chi connectivity index (χ1n) is 8.08. The summed E-state index contributed by atoms with van der Waals surface area (Å²) in [6.45, 7) is 1.55. The molecule has 0 saturated heterocycles. The second-order valence-corrected chi connectivity index (χ2v) is 5.73. The predicted octanol–water partition coefficient (Wildman–Crippen LogP) is 3.61. The molecule has 1 atom stereocenters. The molecule has 0 radical (unpaired) electrons. The Kier molecular flexibility index (Phi) is 4.93. The lowest BCUT2D eigenvalue weighted by atomic mass is 10.1. The number of para-hydroxylation sites is 1. The number of carbonyl (C=O) groups is 2. The van der Waals surface area contributed by atoms with E-state index in [0.717, 1.165) is 10.9 Å². The Labute approximate surface area is 150 Å². The second-order valence-electron chi connectivity index (χ2n) is 5.73. The molecule has 0 bridgehead atoms. The van der Waals surface area contributed by atoms with Crippen LogP contribution in [-0.2, 0) is 4.74 Å². The van der Waals surface area contributed by atoms with E-state index in [1.54, 1.807) is 31.3 Å². The van der Waals surface area contributed by atoms with Crippen LogP contribution in [0.5, 0.6) is 11.5 Å². The van der Waals surface area contributed by atoms with Gasteiger partial charge in [0.25, 0.3) is 0 Å². The summed E-state index contributed by atoms with van der Waals surface area (Å²) in [6.07, 6.45) is 0.694. The van der Waals surface area contributed by atoms with E-state index in [0.29, 0.717) is 17.1 Å². The highest BCUT2D eigenvalue weighted by Crippen LogP contribution is 2.26. The Morgan fingerprint density at radius 3 is 2.50 bits per heavy atom. The van der Waals surface area contributed by atoms with Gasteiger partial charge in [-0.25, -0.2) is 4.79 Å². The lowest BCUT2D eigenvalue weighted by Crippen LogP contribution is -2.24. The molecule has 0 saturated carbocycles. The molecule has 1 heterocycles. The topological polar surface area (TPSA) is 77.6 Å². The number of nitrogens with one attached hydrogen (secondary N) is 1. The fourth-order valence-electron chi connectivity index (χ4n) is 2.74. The summed E-state index contributed by atoms with van der Waals surface area (Å²) in [5, 5.41) is 0.794. The third-order valence-electron chi connectivity index (χ3n) is 4.14. The van der Waals surface area contributed by atoms with Gasteiger partial charge in [0, 0.05) is 28.7 Å². The van der Waals surface area contributed by atoms with Crippen molar-refractivity contribution >= 4 is 22.7 Å². The van der Waals surface area contributed by atoms with Crippen molar-refractivity contribution in [1.82, 2.24) is 4.98 Å². The van der Waals surface area contributed by atoms with E-state index in [1.807, 2.05) is 24.3 Å². The summed E-state index contributed by atoms with van der Waals surface area (Å²) in [6, 6.07) is 12.2. The SMILES string of the molecule is COc1ccc(C(=O)O[C@@H](C)C(=O)c2c[nH]c3ccccc23)c(OC)c1. The number of carbonyl (C=O) groups excluding carboxylic acids is 2. The number of Topliss-reactive ketones (excluding diaryl/α,β-unsaturated/α-hetero) is 1. The maximum Gasteiger partial charge on any atom is 0.342 e. The minimum absolute atomic E-state index is 0.229. The van der Waals surface area contributed by atoms with Gasteiger partial charge in [-0.15, -0.1) is 0 Å². The molecule has 134 valence electrons. The van der Waals surface area contributed by atoms with Gasteiger partial charge in [0.05, 0.1) is 14.2 Å². The summed E-state index contributed by atoms with van der Waals surface area (Å²) in [5.41, 5.74) is 1.57. The van der Waals surface area contributed by atoms with E-state index in [4.69, 9.17) is 14.2 Å². The molecule has 6 heteroatoms. The zero-order valence-electron chi connectivity index (χ0n) is 14.7. The lowest BCUT2D eigenvalue weighted by molar-refractivity contribution is 0.0316. The molecule has 26 heavy (non-hydrogen) atoms. The standard InChI is InChI=1S/C20H19NO5/c1-12(19(22)16-11-21-17-7-5-4-6-14(16)17)26-20(23)15-9-8-13(24-2)10-18(15)25-3/h4-12,21H,1-3H3/t12-/m0/s1. The van der Waals surface area contributed by atoms with Gasteiger partial charge in [-0.1, -0.05) is 18.2 Å². The van der Waals surface area contributed by atoms with Crippen LogP contribution in [0.4, 0.5) is 0 Å². The van der Waals surface area contributed by atoms with Crippen LogP contribution < -0.4 is 9.47 Å². The first kappa shape index (κ1) is 17.5. The van der Waals surface area contributed by atoms with Crippen molar-refractivity contribution < 1.29 is 23.8 Å². The molecule has 2 aromatic carbocycles. The molecule has 3 aromatic rings. The Morgan fingerprint density at radius 2 is 1.77 bits per heavy atom. The Balaban J connectivity index is 1.80. The molecule has 0 fully saturated rings. The van der Waals surface area contributed by atoms with E-state index in [9.17, 15) is 9.59 Å². The smallest absolute Gasteiger partial charge is 0.342 e. The Bertz CT molecular complexity index is 960. The van der Waals surface area contributed by atoms with Crippen molar-refractivity contribution in [1.29, 1.82) is 0 Å². The lowest BCUT2D eigenvalue weighted by Gasteiger charge is -2.14. The van der Waals surface area contributed by atoms with E-state index >= 15 is 0 Å². The minimum Gasteiger partial charge on any atom is -0.497 e. The molecule has 6 nitrogen and oxygen atoms in total. The molecule has 0 unspecified atom stereocenters. The average molecular weight is 353 g/mol. The fraction of sp³-hybridized carbons (Fsp3) is 0.200. The van der Waals surface area contributed by atoms with Crippen LogP contribution >= 0.6 is 0 Å². The van der Waals surface area contributed by atoms with Crippen molar-refractivity contribution in [2.24, 2.45) is 0 Å². The van der Waals surface area contributed by atoms with Crippen LogP contribution in [0.15, 0.2) is 48.7 Å². The number of esters is 1. The highest BCUT2D eigenvalue weighted by atomic mass is 16.5. The number of benzene rings is 2. The molecule has 0 spiro atoms. The number of rotatable bonds is 6. The number of hydrogen-bond donors (Lipinski definition) is 1. The van der Waals surface area contributed by atoms with Crippen LogP contribution in [0, 0.1) is 0 Å². The molecule has 0 amide bonds. The Hall–Kier alpha value is -3.28. The maximum absolute atomic E-state index is 12.7. The molecule has 0 aliphatic rings. The van der Waals surface area contributed by atoms with Crippen LogP contribution in [0.2, 0.25) is 0 Å². The van der Waals surface area contributed by atoms with E-state index < -0.39 is 12.1 Å². The maximum atomic E-state index is 12.7. The third-order valence-corrected chi connectivity index (χ3v) is 4.14. The van der Waals surface area contributed by atoms with Crippen LogP contribution in [0.1, 0.15) is 27.6 Å². The van der Waals surface area contributed by atoms with E-state index in [-0.39, 0.29) is 11.3 Å². The van der Waals surface area contributed by atoms with Gasteiger partial charge >= 0.3 is 5.97 Å². The minimum atomic E-state index is -0.937. The van der Waals surface area contributed by atoms with Crippen molar-refractivity contribution in [3.8, 4) is 11.5 Å². The van der Waals surface area contributed by atoms with Crippen molar-refractivity contribution in [3.63, 3.8) is 0 Å². The number of H-pyrrole nitrogens is 1. The highest BCUT2D eigenvalue weighted by Gasteiger charge is 2.24. The third kappa shape index (κ3) is 3.26. The van der Waals surface area contributed by atoms with Crippen molar-refractivity contribution in [3.05, 3.63) is 59.8 Å². The first-order valence-corrected chi connectivity index (χ1v) is 8.08. The van der Waals surface area contributed by atoms with Gasteiger partial charge in [0.15, 0.2) is 6.10 Å². The zero-order valence-corrected chi connectivity index (χ0v) is 14.7. The van der Waals surface area contributed by atoms with Crippen LogP contribution in [0.25, 0.3) is 10.9 Å². The summed E-state index contributed by atoms with van der Waals surface area (Å²) < 4.78 is 15.7. The number of aromatic nitrogens is 1. The van der Waals surface area contributed by atoms with Crippen LogP contribution in [-0.4, -0.2) is 37.1 Å². The summed E-state index contributed by atoms with van der Waals surface area (Å²) in [7, 11) is 2.97. The number of ketones is 1. The van der Waals surface area contributed by atoms with E-state index in [2.05, 4.69) is 4.98 Å². The number of hydrogen-bond acceptors (Lipinski definition) is 5. The molecule has 0 aliphatic carbocycles. The quantitative estimate of drug-likeness (QED) is 0.541. The van der Waals surface area contributed by atoms with E-state index in [1.165, 1.54) is 14.2 Å². The average Bonchev–Trinajstić information content (AvgIpc) is 3.10. The molecular weight excluding hydrogens is 334 g/mol. The molecule has 0 aliphatic heterocycles. The second kappa shape index (κ2) is 7.31. The number of fused-ring (bicyclic) bond motifs is 1. The fourth-order valence-corrected chi connectivity index (χ4v) is 2.74. The van der Waals surface area contributed by atoms with Gasteiger partial charge in [0.2, 0.25) is 5.78 Å². The molecular formula is C20H19NO5. The van der Waals surface area contributed by atoms with Gasteiger partial charge < -0.3 is 19.2 Å². The van der Waals surface area contributed by atoms with Gasteiger partial charge in [-0.2, -0.15) is 0 Å². The van der Waals surface area contributed by atoms with Crippen molar-refractivity contribution in [2.45, 2.75) is 13.0 Å². The van der Waals surface area contributed by atoms with Crippen LogP contribution in [0.3, 0.4) is 0 Å². The summed E-state index contributed by atoms with van der Waals surface area (Å²) in [5.74, 6) is -0.0316. The summed E-state index contributed by atoms with van der Waals surface area (Å²) in [4.78, 5) is 28.2. The van der Waals surface area contributed by atoms with Gasteiger partial charge in [0.1, 0.15) is 17.1 Å². The van der Waals surface area contributed by atoms with Gasteiger partial charge in [-0.05, 0) is 25.1 Å². The Morgan fingerprint density at radius 1 is 1.00 bits per heavy atom. The molecule has 1 N–H and O–H groups in total. The highest BCUT2D eigenvalue weighted by molar-refractivity contribution is 6.10. The normalized spacial score (nSPS) is 11.8. The summed E-state index contributed by atoms with van der Waals surface area (Å²) >= 11 is 0. The largest absolute Gasteiger partial charge is 0.497 e. The van der Waals surface area contributed by atoms with Crippen molar-refractivity contribution in [2.75, 3.05) is 14.2 Å². The molecule has 1 aromatic heterocycles. The first-order chi connectivity index (χ1) is 12.5. The zero-order chi connectivity index (χ0) is 18.7. The van der Waals surface area contributed by atoms with Gasteiger partial charge in [-0.3, -0.25) is 4.79 Å². The monoisotopic (exact) mass is 353 g/mol. The number of aromatic amines is 1.